The summed E-state index contributed by atoms with van der Waals surface area (Å²) >= 11 is 0. The topological polar surface area (TPSA) is 0 Å². The summed E-state index contributed by atoms with van der Waals surface area (Å²) in [6.07, 6.45) is 10.4. The maximum absolute atomic E-state index is 8.65. The maximum atomic E-state index is 8.65. The normalized spacial score (nSPS) is 43.0. The minimum Gasteiger partial charge on any atom is -0.0777 e. The van der Waals surface area contributed by atoms with Crippen molar-refractivity contribution in [1.82, 2.24) is 0 Å². The summed E-state index contributed by atoms with van der Waals surface area (Å²) < 4.78 is 8.65. The Bertz CT molecular complexity index is 464. The second kappa shape index (κ2) is 3.98. The van der Waals surface area contributed by atoms with Crippen molar-refractivity contribution in [1.29, 1.82) is 0 Å². The second-order valence-electron chi connectivity index (χ2n) is 6.90. The van der Waals surface area contributed by atoms with Gasteiger partial charge in [0.1, 0.15) is 0 Å². The average molecular weight is 239 g/mol. The minimum atomic E-state index is 0.241. The molecule has 18 heavy (non-hydrogen) atoms. The Morgan fingerprint density at radius 3 is 2.06 bits per heavy atom. The third kappa shape index (κ3) is 1.83. The molecule has 94 valence electrons. The molecular weight excluding hydrogens is 216 g/mol. The Morgan fingerprint density at radius 2 is 1.50 bits per heavy atom. The van der Waals surface area contributed by atoms with Crippen LogP contribution in [0.1, 0.15) is 45.5 Å². The van der Waals surface area contributed by atoms with E-state index in [1.54, 1.807) is 0 Å². The van der Waals surface area contributed by atoms with Crippen LogP contribution in [0.15, 0.2) is 36.4 Å². The quantitative estimate of drug-likeness (QED) is 0.687. The summed E-state index contributed by atoms with van der Waals surface area (Å²) in [6.45, 7) is 0. The van der Waals surface area contributed by atoms with Crippen molar-refractivity contribution in [2.75, 3.05) is 0 Å². The van der Waals surface area contributed by atoms with Gasteiger partial charge in [-0.05, 0) is 67.3 Å². The van der Waals surface area contributed by atoms with E-state index in [9.17, 15) is 0 Å². The van der Waals surface area contributed by atoms with Crippen molar-refractivity contribution in [3.63, 3.8) is 0 Å². The van der Waals surface area contributed by atoms with Gasteiger partial charge < -0.3 is 0 Å². The summed E-state index contributed by atoms with van der Waals surface area (Å²) in [7, 11) is 0. The number of hydrogen-bond donors (Lipinski definition) is 0. The van der Waals surface area contributed by atoms with Gasteiger partial charge in [0.05, 0.1) is 1.37 Å². The zero-order chi connectivity index (χ0) is 12.9. The lowest BCUT2D eigenvalue weighted by Gasteiger charge is -2.55. The first-order valence-corrected chi connectivity index (χ1v) is 7.47. The predicted octanol–water partition coefficient (Wildman–Crippen LogP) is 4.92. The van der Waals surface area contributed by atoms with Gasteiger partial charge in [-0.1, -0.05) is 42.5 Å². The second-order valence-corrected chi connectivity index (χ2v) is 6.90. The van der Waals surface area contributed by atoms with Gasteiger partial charge in [0.25, 0.3) is 0 Å². The van der Waals surface area contributed by atoms with E-state index < -0.39 is 0 Å². The smallest absolute Gasteiger partial charge is 0.0582 e. The highest BCUT2D eigenvalue weighted by molar-refractivity contribution is 5.50. The van der Waals surface area contributed by atoms with Gasteiger partial charge in [0.15, 0.2) is 0 Å². The van der Waals surface area contributed by atoms with Gasteiger partial charge >= 0.3 is 0 Å². The zero-order valence-electron chi connectivity index (χ0n) is 11.9. The van der Waals surface area contributed by atoms with Crippen molar-refractivity contribution in [3.05, 3.63) is 41.9 Å². The average Bonchev–Trinajstić information content (AvgIpc) is 2.38. The van der Waals surface area contributed by atoms with E-state index in [2.05, 4.69) is 30.3 Å². The molecule has 0 aromatic heterocycles. The van der Waals surface area contributed by atoms with Gasteiger partial charge in [-0.2, -0.15) is 0 Å². The standard InChI is InChI=1S/C18H22/c1-2-4-14(5-3-1)6-7-18-11-15-8-16(12-18)10-17(9-15)13-18/h1-7,15-17H,8-13H2/b7-6+/i7D. The Morgan fingerprint density at radius 1 is 0.944 bits per heavy atom. The molecule has 0 heteroatoms. The van der Waals surface area contributed by atoms with E-state index in [1.807, 2.05) is 6.07 Å². The fourth-order valence-electron chi connectivity index (χ4n) is 5.07. The monoisotopic (exact) mass is 239 g/mol. The van der Waals surface area contributed by atoms with Crippen LogP contribution in [0.3, 0.4) is 0 Å². The summed E-state index contributed by atoms with van der Waals surface area (Å²) in [5.74, 6) is 2.78. The molecule has 4 saturated carbocycles. The lowest BCUT2D eigenvalue weighted by molar-refractivity contribution is -0.0232. The van der Waals surface area contributed by atoms with Crippen LogP contribution in [0.25, 0.3) is 6.08 Å². The molecule has 0 saturated heterocycles. The Kier molecular flexibility index (Phi) is 2.17. The van der Waals surface area contributed by atoms with E-state index >= 15 is 0 Å². The van der Waals surface area contributed by atoms with Gasteiger partial charge in [0.2, 0.25) is 0 Å². The van der Waals surface area contributed by atoms with Crippen molar-refractivity contribution in [3.8, 4) is 0 Å². The molecule has 0 aliphatic heterocycles. The van der Waals surface area contributed by atoms with Crippen LogP contribution in [0, 0.1) is 23.2 Å². The molecule has 0 atom stereocenters. The molecule has 0 spiro atoms. The molecule has 4 aliphatic rings. The van der Waals surface area contributed by atoms with Crippen LogP contribution in [-0.4, -0.2) is 0 Å². The summed E-state index contributed by atoms with van der Waals surface area (Å²) in [5.41, 5.74) is 1.44. The zero-order valence-corrected chi connectivity index (χ0v) is 10.9. The number of allylic oxidation sites excluding steroid dienone is 1. The highest BCUT2D eigenvalue weighted by atomic mass is 14.5. The van der Waals surface area contributed by atoms with Crippen LogP contribution in [0.5, 0.6) is 0 Å². The highest BCUT2D eigenvalue weighted by Gasteiger charge is 2.49. The fourth-order valence-corrected chi connectivity index (χ4v) is 5.07. The lowest BCUT2D eigenvalue weighted by Crippen LogP contribution is -2.44. The SMILES string of the molecule is [2H]/C(=C\c1ccccc1)C12CC3CC(CC(C3)C1)C2. The van der Waals surface area contributed by atoms with Crippen LogP contribution >= 0.6 is 0 Å². The number of hydrogen-bond acceptors (Lipinski definition) is 0. The lowest BCUT2D eigenvalue weighted by atomic mass is 9.49. The summed E-state index contributed by atoms with van der Waals surface area (Å²) in [6, 6.07) is 11.3. The molecule has 0 radical (unpaired) electrons. The van der Waals surface area contributed by atoms with E-state index in [-0.39, 0.29) is 5.41 Å². The molecule has 0 N–H and O–H groups in total. The van der Waals surface area contributed by atoms with E-state index in [0.29, 0.717) is 0 Å². The fraction of sp³-hybridized carbons (Fsp3) is 0.556. The third-order valence-corrected chi connectivity index (χ3v) is 5.38. The van der Waals surface area contributed by atoms with Crippen LogP contribution in [0.2, 0.25) is 0 Å². The molecule has 4 bridgehead atoms. The molecule has 0 amide bonds. The minimum absolute atomic E-state index is 0.241. The molecule has 0 heterocycles. The van der Waals surface area contributed by atoms with Gasteiger partial charge in [-0.15, -0.1) is 0 Å². The maximum Gasteiger partial charge on any atom is 0.0582 e. The van der Waals surface area contributed by atoms with Crippen LogP contribution in [-0.2, 0) is 0 Å². The molecule has 1 aromatic rings. The third-order valence-electron chi connectivity index (χ3n) is 5.38. The number of benzene rings is 1. The van der Waals surface area contributed by atoms with E-state index in [0.717, 1.165) is 23.8 Å². The number of rotatable bonds is 2. The first-order valence-electron chi connectivity index (χ1n) is 7.97. The first-order chi connectivity index (χ1) is 9.23. The Labute approximate surface area is 112 Å². The molecule has 5 rings (SSSR count). The van der Waals surface area contributed by atoms with E-state index in [1.165, 1.54) is 44.1 Å². The van der Waals surface area contributed by atoms with Gasteiger partial charge in [0, 0.05) is 0 Å². The molecule has 4 fully saturated rings. The largest absolute Gasteiger partial charge is 0.0777 e. The van der Waals surface area contributed by atoms with Gasteiger partial charge in [-0.25, -0.2) is 0 Å². The molecule has 0 unspecified atom stereocenters. The Hall–Kier alpha value is -1.04. The van der Waals surface area contributed by atoms with Crippen molar-refractivity contribution in [2.45, 2.75) is 38.5 Å². The van der Waals surface area contributed by atoms with Crippen LogP contribution in [0.4, 0.5) is 0 Å². The molecule has 1 aromatic carbocycles. The van der Waals surface area contributed by atoms with Crippen molar-refractivity contribution in [2.24, 2.45) is 23.2 Å². The van der Waals surface area contributed by atoms with Crippen molar-refractivity contribution >= 4 is 6.08 Å². The van der Waals surface area contributed by atoms with Crippen LogP contribution < -0.4 is 0 Å². The first kappa shape index (κ1) is 9.83. The van der Waals surface area contributed by atoms with Crippen molar-refractivity contribution < 1.29 is 1.37 Å². The molecular formula is C18H22. The Balaban J connectivity index is 1.66. The van der Waals surface area contributed by atoms with E-state index in [4.69, 9.17) is 1.37 Å². The van der Waals surface area contributed by atoms with Gasteiger partial charge in [-0.3, -0.25) is 0 Å². The summed E-state index contributed by atoms with van der Waals surface area (Å²) in [4.78, 5) is 0. The highest BCUT2D eigenvalue weighted by Crippen LogP contribution is 2.60. The molecule has 0 nitrogen and oxygen atoms in total. The predicted molar refractivity (Wildman–Crippen MR) is 76.1 cm³/mol. The molecule has 4 aliphatic carbocycles. The summed E-state index contributed by atoms with van der Waals surface area (Å²) in [5, 5.41) is 0.